The molecule has 0 unspecified atom stereocenters. The quantitative estimate of drug-likeness (QED) is 0.678. The summed E-state index contributed by atoms with van der Waals surface area (Å²) in [4.78, 5) is 30.3. The van der Waals surface area contributed by atoms with Crippen LogP contribution in [0.4, 0.5) is 16.4 Å². The molecule has 3 heterocycles. The molecule has 1 aromatic heterocycles. The third kappa shape index (κ3) is 6.38. The van der Waals surface area contributed by atoms with Gasteiger partial charge in [-0.2, -0.15) is 0 Å². The lowest BCUT2D eigenvalue weighted by Crippen LogP contribution is -2.56. The predicted molar refractivity (Wildman–Crippen MR) is 137 cm³/mol. The summed E-state index contributed by atoms with van der Waals surface area (Å²) < 4.78 is 0. The Balaban J connectivity index is 1.15. The Kier molecular flexibility index (Phi) is 8.21. The minimum atomic E-state index is 0.0628. The lowest BCUT2D eigenvalue weighted by Gasteiger charge is -2.40. The molecule has 34 heavy (non-hydrogen) atoms. The van der Waals surface area contributed by atoms with Gasteiger partial charge in [0.2, 0.25) is 5.95 Å². The minimum absolute atomic E-state index is 0.0628. The van der Waals surface area contributed by atoms with Gasteiger partial charge >= 0.3 is 6.03 Å². The number of likely N-dealkylation sites (tertiary alicyclic amines) is 1. The fourth-order valence-corrected chi connectivity index (χ4v) is 4.96. The van der Waals surface area contributed by atoms with Crippen molar-refractivity contribution >= 4 is 17.7 Å². The number of benzene rings is 1. The van der Waals surface area contributed by atoms with Gasteiger partial charge in [-0.05, 0) is 50.8 Å². The molecule has 1 N–H and O–H groups in total. The van der Waals surface area contributed by atoms with E-state index in [4.69, 9.17) is 0 Å². The van der Waals surface area contributed by atoms with Crippen LogP contribution in [0.5, 0.6) is 0 Å². The van der Waals surface area contributed by atoms with Crippen molar-refractivity contribution in [3.05, 3.63) is 48.3 Å². The minimum Gasteiger partial charge on any atom is -0.365 e. The summed E-state index contributed by atoms with van der Waals surface area (Å²) in [6.07, 6.45) is 7.24. The number of amides is 2. The van der Waals surface area contributed by atoms with Crippen LogP contribution in [0, 0.1) is 5.92 Å². The van der Waals surface area contributed by atoms with Gasteiger partial charge in [0.05, 0.1) is 18.1 Å². The van der Waals surface area contributed by atoms with E-state index in [9.17, 15) is 4.79 Å². The second kappa shape index (κ2) is 11.5. The average Bonchev–Trinajstić information content (AvgIpc) is 2.85. The molecular formula is C26H39N7O. The van der Waals surface area contributed by atoms with Gasteiger partial charge < -0.3 is 20.0 Å². The van der Waals surface area contributed by atoms with Crippen LogP contribution in [0.2, 0.25) is 0 Å². The molecule has 2 aliphatic rings. The van der Waals surface area contributed by atoms with Crippen molar-refractivity contribution in [1.29, 1.82) is 0 Å². The summed E-state index contributed by atoms with van der Waals surface area (Å²) in [6.45, 7) is 8.50. The molecule has 1 aromatic carbocycles. The van der Waals surface area contributed by atoms with E-state index in [2.05, 4.69) is 62.3 Å². The molecule has 4 rings (SSSR count). The Morgan fingerprint density at radius 2 is 1.76 bits per heavy atom. The zero-order valence-corrected chi connectivity index (χ0v) is 20.9. The Bertz CT molecular complexity index is 897. The highest BCUT2D eigenvalue weighted by Crippen LogP contribution is 2.22. The van der Waals surface area contributed by atoms with Crippen LogP contribution in [-0.2, 0) is 6.54 Å². The van der Waals surface area contributed by atoms with Crippen molar-refractivity contribution in [2.45, 2.75) is 38.8 Å². The maximum Gasteiger partial charge on any atom is 0.317 e. The summed E-state index contributed by atoms with van der Waals surface area (Å²) in [5, 5.41) is 3.18. The summed E-state index contributed by atoms with van der Waals surface area (Å²) in [6, 6.07) is 10.9. The molecule has 2 saturated heterocycles. The van der Waals surface area contributed by atoms with Gasteiger partial charge in [-0.25, -0.2) is 14.8 Å². The van der Waals surface area contributed by atoms with Gasteiger partial charge in [-0.1, -0.05) is 30.3 Å². The monoisotopic (exact) mass is 465 g/mol. The standard InChI is InChI=1S/C26H39N7O/c1-21-19-32(24-17-28-25(29-18-24)30(2)3)15-16-33(21)26(34)27-12-9-22-10-13-31(14-11-22)20-23-7-5-4-6-8-23/h4-8,17-18,21-22H,9-16,19-20H2,1-3H3,(H,27,34)/t21-/m1/s1. The SMILES string of the molecule is C[C@@H]1CN(c2cnc(N(C)C)nc2)CCN1C(=O)NCCC1CCN(Cc2ccccc2)CC1. The summed E-state index contributed by atoms with van der Waals surface area (Å²) in [7, 11) is 3.87. The van der Waals surface area contributed by atoms with Gasteiger partial charge in [-0.15, -0.1) is 0 Å². The van der Waals surface area contributed by atoms with E-state index in [0.29, 0.717) is 18.4 Å². The van der Waals surface area contributed by atoms with Crippen LogP contribution >= 0.6 is 0 Å². The predicted octanol–water partition coefficient (Wildman–Crippen LogP) is 3.07. The number of piperidine rings is 1. The maximum absolute atomic E-state index is 12.8. The number of nitrogens with one attached hydrogen (secondary N) is 1. The summed E-state index contributed by atoms with van der Waals surface area (Å²) in [5.74, 6) is 1.41. The first kappa shape index (κ1) is 24.3. The number of urea groups is 1. The highest BCUT2D eigenvalue weighted by atomic mass is 16.2. The second-order valence-electron chi connectivity index (χ2n) is 9.85. The van der Waals surface area contributed by atoms with Crippen molar-refractivity contribution in [3.63, 3.8) is 0 Å². The van der Waals surface area contributed by atoms with Crippen LogP contribution in [0.1, 0.15) is 31.7 Å². The molecule has 2 aliphatic heterocycles. The van der Waals surface area contributed by atoms with E-state index in [0.717, 1.165) is 51.4 Å². The first-order chi connectivity index (χ1) is 16.5. The molecule has 0 bridgehead atoms. The highest BCUT2D eigenvalue weighted by Gasteiger charge is 2.28. The molecule has 2 aromatic rings. The number of carbonyl (C=O) groups excluding carboxylic acids is 1. The Hall–Kier alpha value is -2.87. The second-order valence-corrected chi connectivity index (χ2v) is 9.85. The number of nitrogens with zero attached hydrogens (tertiary/aromatic N) is 6. The van der Waals surface area contributed by atoms with Gasteiger partial charge in [-0.3, -0.25) is 4.90 Å². The zero-order chi connectivity index (χ0) is 23.9. The number of piperazine rings is 1. The Morgan fingerprint density at radius 1 is 1.06 bits per heavy atom. The number of carbonyl (C=O) groups is 1. The van der Waals surface area contributed by atoms with Crippen molar-refractivity contribution in [2.75, 3.05) is 63.2 Å². The largest absolute Gasteiger partial charge is 0.365 e. The number of aromatic nitrogens is 2. The number of hydrogen-bond acceptors (Lipinski definition) is 6. The fourth-order valence-electron chi connectivity index (χ4n) is 4.96. The van der Waals surface area contributed by atoms with E-state index in [1.807, 2.05) is 36.3 Å². The highest BCUT2D eigenvalue weighted by molar-refractivity contribution is 5.75. The maximum atomic E-state index is 12.8. The number of hydrogen-bond donors (Lipinski definition) is 1. The van der Waals surface area contributed by atoms with Gasteiger partial charge in [0, 0.05) is 52.9 Å². The van der Waals surface area contributed by atoms with Gasteiger partial charge in [0.15, 0.2) is 0 Å². The first-order valence-corrected chi connectivity index (χ1v) is 12.5. The molecule has 2 amide bonds. The van der Waals surface area contributed by atoms with Crippen LogP contribution in [0.15, 0.2) is 42.7 Å². The Morgan fingerprint density at radius 3 is 2.41 bits per heavy atom. The summed E-state index contributed by atoms with van der Waals surface area (Å²) in [5.41, 5.74) is 2.40. The third-order valence-electron chi connectivity index (χ3n) is 7.06. The Labute approximate surface area is 204 Å². The van der Waals surface area contributed by atoms with Crippen LogP contribution in [-0.4, -0.2) is 85.2 Å². The molecule has 0 spiro atoms. The van der Waals surface area contributed by atoms with Crippen molar-refractivity contribution in [2.24, 2.45) is 5.92 Å². The van der Waals surface area contributed by atoms with E-state index in [1.54, 1.807) is 0 Å². The molecule has 0 aliphatic carbocycles. The smallest absolute Gasteiger partial charge is 0.317 e. The normalized spacial score (nSPS) is 19.8. The third-order valence-corrected chi connectivity index (χ3v) is 7.06. The average molecular weight is 466 g/mol. The van der Waals surface area contributed by atoms with E-state index in [1.165, 1.54) is 18.4 Å². The molecule has 0 saturated carbocycles. The first-order valence-electron chi connectivity index (χ1n) is 12.5. The van der Waals surface area contributed by atoms with E-state index >= 15 is 0 Å². The van der Waals surface area contributed by atoms with Crippen molar-refractivity contribution in [3.8, 4) is 0 Å². The molecule has 184 valence electrons. The van der Waals surface area contributed by atoms with Crippen LogP contribution < -0.4 is 15.1 Å². The topological polar surface area (TPSA) is 67.8 Å². The fraction of sp³-hybridized carbons (Fsp3) is 0.577. The van der Waals surface area contributed by atoms with Crippen molar-refractivity contribution in [1.82, 2.24) is 25.1 Å². The summed E-state index contributed by atoms with van der Waals surface area (Å²) >= 11 is 0. The zero-order valence-electron chi connectivity index (χ0n) is 20.9. The molecule has 8 heteroatoms. The van der Waals surface area contributed by atoms with E-state index in [-0.39, 0.29) is 12.1 Å². The van der Waals surface area contributed by atoms with Crippen LogP contribution in [0.25, 0.3) is 0 Å². The molecular weight excluding hydrogens is 426 g/mol. The number of rotatable bonds is 7. The molecule has 0 radical (unpaired) electrons. The molecule has 2 fully saturated rings. The van der Waals surface area contributed by atoms with Gasteiger partial charge in [0.1, 0.15) is 0 Å². The van der Waals surface area contributed by atoms with Crippen molar-refractivity contribution < 1.29 is 4.79 Å². The molecule has 8 nitrogen and oxygen atoms in total. The lowest BCUT2D eigenvalue weighted by molar-refractivity contribution is 0.162. The van der Waals surface area contributed by atoms with Crippen LogP contribution in [0.3, 0.4) is 0 Å². The lowest BCUT2D eigenvalue weighted by atomic mass is 9.93. The van der Waals surface area contributed by atoms with E-state index < -0.39 is 0 Å². The molecule has 1 atom stereocenters. The number of anilines is 2. The van der Waals surface area contributed by atoms with Gasteiger partial charge in [0.25, 0.3) is 0 Å².